The molecule has 2 rings (SSSR count). The Morgan fingerprint density at radius 2 is 2.05 bits per heavy atom. The van der Waals surface area contributed by atoms with Crippen LogP contribution in [-0.2, 0) is 4.79 Å². The zero-order valence-electron chi connectivity index (χ0n) is 12.4. The van der Waals surface area contributed by atoms with Crippen molar-refractivity contribution in [1.29, 1.82) is 0 Å². The largest absolute Gasteiger partial charge is 0.497 e. The Bertz CT molecular complexity index is 431. The van der Waals surface area contributed by atoms with E-state index < -0.39 is 0 Å². The number of nitrogens with one attached hydrogen (secondary N) is 1. The molecule has 0 aliphatic carbocycles. The Hall–Kier alpha value is -1.55. The first-order chi connectivity index (χ1) is 9.74. The molecule has 1 heterocycles. The van der Waals surface area contributed by atoms with Crippen LogP contribution in [-0.4, -0.2) is 38.1 Å². The fraction of sp³-hybridized carbons (Fsp3) is 0.562. The number of hydrogen-bond acceptors (Lipinski definition) is 3. The molecule has 1 aromatic carbocycles. The summed E-state index contributed by atoms with van der Waals surface area (Å²) < 4.78 is 5.21. The van der Waals surface area contributed by atoms with E-state index in [9.17, 15) is 4.79 Å². The number of methoxy groups -OCH3 is 1. The van der Waals surface area contributed by atoms with Gasteiger partial charge in [0.05, 0.1) is 13.7 Å². The van der Waals surface area contributed by atoms with Gasteiger partial charge in [0.2, 0.25) is 5.91 Å². The number of likely N-dealkylation sites (N-methyl/N-ethyl adjacent to an activating group) is 1. The van der Waals surface area contributed by atoms with E-state index >= 15 is 0 Å². The van der Waals surface area contributed by atoms with Crippen LogP contribution in [0, 0.1) is 0 Å². The quantitative estimate of drug-likeness (QED) is 0.918. The Balaban J connectivity index is 2.15. The van der Waals surface area contributed by atoms with Crippen LogP contribution in [0.15, 0.2) is 24.3 Å². The number of rotatable bonds is 4. The zero-order valence-corrected chi connectivity index (χ0v) is 12.4. The molecular weight excluding hydrogens is 252 g/mol. The van der Waals surface area contributed by atoms with Crippen LogP contribution in [0.5, 0.6) is 5.75 Å². The molecule has 0 saturated carbocycles. The predicted octanol–water partition coefficient (Wildman–Crippen LogP) is 2.36. The molecular formula is C16H24N2O2. The third-order valence-corrected chi connectivity index (χ3v) is 3.99. The van der Waals surface area contributed by atoms with Crippen molar-refractivity contribution in [3.63, 3.8) is 0 Å². The molecule has 0 spiro atoms. The second kappa shape index (κ2) is 7.29. The van der Waals surface area contributed by atoms with Crippen molar-refractivity contribution in [3.8, 4) is 5.75 Å². The molecule has 1 amide bonds. The lowest BCUT2D eigenvalue weighted by Gasteiger charge is -2.29. The van der Waals surface area contributed by atoms with E-state index in [1.54, 1.807) is 14.2 Å². The number of ether oxygens (including phenoxy) is 1. The molecule has 1 aliphatic heterocycles. The number of likely N-dealkylation sites (tertiary alicyclic amines) is 1. The van der Waals surface area contributed by atoms with Gasteiger partial charge in [0.25, 0.3) is 0 Å². The highest BCUT2D eigenvalue weighted by Gasteiger charge is 2.24. The van der Waals surface area contributed by atoms with Gasteiger partial charge in [-0.15, -0.1) is 0 Å². The lowest BCUT2D eigenvalue weighted by atomic mass is 10.0. The van der Waals surface area contributed by atoms with Crippen LogP contribution in [0.2, 0.25) is 0 Å². The highest BCUT2D eigenvalue weighted by Crippen LogP contribution is 2.30. The topological polar surface area (TPSA) is 41.6 Å². The monoisotopic (exact) mass is 276 g/mol. The minimum absolute atomic E-state index is 0.0883. The average molecular weight is 276 g/mol. The van der Waals surface area contributed by atoms with E-state index in [0.717, 1.165) is 18.7 Å². The SMILES string of the molecule is CNC(=O)CN1CCCCCC1c1ccc(OC)cc1. The third-order valence-electron chi connectivity index (χ3n) is 3.99. The summed E-state index contributed by atoms with van der Waals surface area (Å²) in [4.78, 5) is 14.0. The average Bonchev–Trinajstić information content (AvgIpc) is 2.72. The zero-order chi connectivity index (χ0) is 14.4. The first-order valence-corrected chi connectivity index (χ1v) is 7.33. The summed E-state index contributed by atoms with van der Waals surface area (Å²) >= 11 is 0. The van der Waals surface area contributed by atoms with E-state index in [2.05, 4.69) is 22.3 Å². The summed E-state index contributed by atoms with van der Waals surface area (Å²) in [7, 11) is 3.38. The maximum Gasteiger partial charge on any atom is 0.233 e. The van der Waals surface area contributed by atoms with E-state index in [1.807, 2.05) is 12.1 Å². The Morgan fingerprint density at radius 1 is 1.30 bits per heavy atom. The molecule has 1 unspecified atom stereocenters. The number of carbonyl (C=O) groups is 1. The minimum Gasteiger partial charge on any atom is -0.497 e. The lowest BCUT2D eigenvalue weighted by molar-refractivity contribution is -0.122. The molecule has 0 aromatic heterocycles. The molecule has 1 atom stereocenters. The summed E-state index contributed by atoms with van der Waals surface area (Å²) in [6.45, 7) is 1.47. The smallest absolute Gasteiger partial charge is 0.233 e. The van der Waals surface area contributed by atoms with Gasteiger partial charge < -0.3 is 10.1 Å². The van der Waals surface area contributed by atoms with Gasteiger partial charge in [-0.3, -0.25) is 9.69 Å². The number of amides is 1. The van der Waals surface area contributed by atoms with Crippen molar-refractivity contribution in [3.05, 3.63) is 29.8 Å². The van der Waals surface area contributed by atoms with Gasteiger partial charge in [-0.2, -0.15) is 0 Å². The second-order valence-electron chi connectivity index (χ2n) is 5.28. The summed E-state index contributed by atoms with van der Waals surface area (Å²) in [5.41, 5.74) is 1.27. The van der Waals surface area contributed by atoms with Crippen molar-refractivity contribution in [2.24, 2.45) is 0 Å². The fourth-order valence-corrected chi connectivity index (χ4v) is 2.82. The molecule has 1 aliphatic rings. The van der Waals surface area contributed by atoms with Crippen molar-refractivity contribution >= 4 is 5.91 Å². The lowest BCUT2D eigenvalue weighted by Crippen LogP contribution is -2.38. The maximum atomic E-state index is 11.7. The second-order valence-corrected chi connectivity index (χ2v) is 5.28. The molecule has 1 saturated heterocycles. The van der Waals surface area contributed by atoms with Crippen LogP contribution in [0.1, 0.15) is 37.3 Å². The van der Waals surface area contributed by atoms with Crippen LogP contribution in [0.3, 0.4) is 0 Å². The van der Waals surface area contributed by atoms with Gasteiger partial charge in [-0.05, 0) is 37.1 Å². The van der Waals surface area contributed by atoms with Gasteiger partial charge in [-0.25, -0.2) is 0 Å². The fourth-order valence-electron chi connectivity index (χ4n) is 2.82. The molecule has 110 valence electrons. The van der Waals surface area contributed by atoms with Gasteiger partial charge in [0.15, 0.2) is 0 Å². The van der Waals surface area contributed by atoms with E-state index in [0.29, 0.717) is 12.6 Å². The van der Waals surface area contributed by atoms with E-state index in [4.69, 9.17) is 4.74 Å². The molecule has 4 heteroatoms. The highest BCUT2D eigenvalue weighted by molar-refractivity contribution is 5.77. The molecule has 1 fully saturated rings. The summed E-state index contributed by atoms with van der Waals surface area (Å²) in [5, 5.41) is 2.72. The normalized spacial score (nSPS) is 20.2. The van der Waals surface area contributed by atoms with Gasteiger partial charge >= 0.3 is 0 Å². The summed E-state index contributed by atoms with van der Waals surface area (Å²) in [6.07, 6.45) is 4.75. The Morgan fingerprint density at radius 3 is 2.70 bits per heavy atom. The maximum absolute atomic E-state index is 11.7. The van der Waals surface area contributed by atoms with E-state index in [1.165, 1.54) is 24.8 Å². The predicted molar refractivity (Wildman–Crippen MR) is 79.8 cm³/mol. The number of benzene rings is 1. The van der Waals surface area contributed by atoms with Crippen LogP contribution < -0.4 is 10.1 Å². The Kier molecular flexibility index (Phi) is 5.41. The van der Waals surface area contributed by atoms with Crippen LogP contribution in [0.25, 0.3) is 0 Å². The first kappa shape index (κ1) is 14.9. The third kappa shape index (κ3) is 3.73. The van der Waals surface area contributed by atoms with Gasteiger partial charge in [0, 0.05) is 13.1 Å². The van der Waals surface area contributed by atoms with Crippen LogP contribution >= 0.6 is 0 Å². The molecule has 4 nitrogen and oxygen atoms in total. The van der Waals surface area contributed by atoms with Crippen LogP contribution in [0.4, 0.5) is 0 Å². The molecule has 20 heavy (non-hydrogen) atoms. The molecule has 1 N–H and O–H groups in total. The van der Waals surface area contributed by atoms with Crippen molar-refractivity contribution in [2.45, 2.75) is 31.7 Å². The number of hydrogen-bond donors (Lipinski definition) is 1. The molecule has 0 bridgehead atoms. The molecule has 1 aromatic rings. The number of nitrogens with zero attached hydrogens (tertiary/aromatic N) is 1. The summed E-state index contributed by atoms with van der Waals surface area (Å²) in [5.74, 6) is 0.964. The summed E-state index contributed by atoms with van der Waals surface area (Å²) in [6, 6.07) is 8.56. The standard InChI is InChI=1S/C16H24N2O2/c1-17-16(19)12-18-11-5-3-4-6-15(18)13-7-9-14(20-2)10-8-13/h7-10,15H,3-6,11-12H2,1-2H3,(H,17,19). The van der Waals surface area contributed by atoms with Gasteiger partial charge in [0.1, 0.15) is 5.75 Å². The van der Waals surface area contributed by atoms with Gasteiger partial charge in [-0.1, -0.05) is 25.0 Å². The van der Waals surface area contributed by atoms with Crippen molar-refractivity contribution < 1.29 is 9.53 Å². The van der Waals surface area contributed by atoms with Crippen molar-refractivity contribution in [1.82, 2.24) is 10.2 Å². The Labute approximate surface area is 121 Å². The van der Waals surface area contributed by atoms with E-state index in [-0.39, 0.29) is 5.91 Å². The van der Waals surface area contributed by atoms with Crippen molar-refractivity contribution in [2.75, 3.05) is 27.2 Å². The first-order valence-electron chi connectivity index (χ1n) is 7.33. The highest BCUT2D eigenvalue weighted by atomic mass is 16.5. The minimum atomic E-state index is 0.0883. The molecule has 0 radical (unpaired) electrons. The number of carbonyl (C=O) groups excluding carboxylic acids is 1.